The van der Waals surface area contributed by atoms with Crippen molar-refractivity contribution >= 4 is 17.4 Å². The monoisotopic (exact) mass is 445 g/mol. The van der Waals surface area contributed by atoms with Gasteiger partial charge in [0.1, 0.15) is 5.75 Å². The van der Waals surface area contributed by atoms with Gasteiger partial charge < -0.3 is 24.8 Å². The van der Waals surface area contributed by atoms with E-state index in [4.69, 9.17) is 4.74 Å². The molecule has 2 amide bonds. The standard InChI is InChI=1S/C25H27N5O3/c1-33-21-7-5-19(6-8-21)28-25(32)29-14-17-12-18(16-29)24-22(9-10-23(31)30(24)15-17)27-13-20-4-2-3-11-26-20/h2-11,17-18,27H,12-16H2,1H3,(H,28,32). The van der Waals surface area contributed by atoms with Crippen LogP contribution >= 0.6 is 0 Å². The fourth-order valence-corrected chi connectivity index (χ4v) is 4.90. The molecule has 0 spiro atoms. The summed E-state index contributed by atoms with van der Waals surface area (Å²) in [4.78, 5) is 31.9. The molecule has 1 saturated heterocycles. The van der Waals surface area contributed by atoms with E-state index in [1.165, 1.54) is 0 Å². The number of carbonyl (C=O) groups excluding carboxylic acids is 1. The van der Waals surface area contributed by atoms with E-state index in [1.807, 2.05) is 58.0 Å². The van der Waals surface area contributed by atoms with E-state index in [2.05, 4.69) is 15.6 Å². The summed E-state index contributed by atoms with van der Waals surface area (Å²) in [6.45, 7) is 2.40. The Kier molecular flexibility index (Phi) is 5.73. The number of fused-ring (bicyclic) bond motifs is 4. The summed E-state index contributed by atoms with van der Waals surface area (Å²) in [5.74, 6) is 1.09. The Morgan fingerprint density at radius 2 is 1.94 bits per heavy atom. The number of urea groups is 1. The molecule has 2 N–H and O–H groups in total. The van der Waals surface area contributed by atoms with E-state index in [-0.39, 0.29) is 23.4 Å². The summed E-state index contributed by atoms with van der Waals surface area (Å²) in [6, 6.07) is 16.5. The summed E-state index contributed by atoms with van der Waals surface area (Å²) < 4.78 is 7.07. The minimum atomic E-state index is -0.121. The summed E-state index contributed by atoms with van der Waals surface area (Å²) in [7, 11) is 1.61. The fourth-order valence-electron chi connectivity index (χ4n) is 4.90. The van der Waals surface area contributed by atoms with Crippen LogP contribution in [0.25, 0.3) is 0 Å². The minimum Gasteiger partial charge on any atom is -0.497 e. The molecule has 8 nitrogen and oxygen atoms in total. The van der Waals surface area contributed by atoms with Gasteiger partial charge in [-0.25, -0.2) is 4.79 Å². The zero-order valence-corrected chi connectivity index (χ0v) is 18.5. The highest BCUT2D eigenvalue weighted by atomic mass is 16.5. The predicted molar refractivity (Wildman–Crippen MR) is 127 cm³/mol. The number of rotatable bonds is 5. The largest absolute Gasteiger partial charge is 0.497 e. The van der Waals surface area contributed by atoms with Crippen LogP contribution in [0.2, 0.25) is 0 Å². The first kappa shape index (κ1) is 21.1. The molecule has 2 unspecified atom stereocenters. The van der Waals surface area contributed by atoms with Gasteiger partial charge >= 0.3 is 6.03 Å². The normalized spacial score (nSPS) is 18.9. The number of piperidine rings is 1. The van der Waals surface area contributed by atoms with Crippen molar-refractivity contribution < 1.29 is 9.53 Å². The fraction of sp³-hybridized carbons (Fsp3) is 0.320. The lowest BCUT2D eigenvalue weighted by molar-refractivity contribution is 0.140. The molecule has 2 aromatic heterocycles. The number of nitrogens with zero attached hydrogens (tertiary/aromatic N) is 3. The summed E-state index contributed by atoms with van der Waals surface area (Å²) >= 11 is 0. The van der Waals surface area contributed by atoms with Crippen LogP contribution in [0, 0.1) is 5.92 Å². The molecular weight excluding hydrogens is 418 g/mol. The molecule has 0 aliphatic carbocycles. The molecule has 0 saturated carbocycles. The number of nitrogens with one attached hydrogen (secondary N) is 2. The predicted octanol–water partition coefficient (Wildman–Crippen LogP) is 3.52. The SMILES string of the molecule is COc1ccc(NC(=O)N2CC3CC(C2)c2c(NCc4ccccn4)ccc(=O)n2C3)cc1. The van der Waals surface area contributed by atoms with Crippen LogP contribution in [0.5, 0.6) is 5.75 Å². The van der Waals surface area contributed by atoms with Gasteiger partial charge in [-0.05, 0) is 54.8 Å². The maximum atomic E-state index is 13.0. The number of hydrogen-bond donors (Lipinski definition) is 2. The van der Waals surface area contributed by atoms with Crippen LogP contribution < -0.4 is 20.9 Å². The Hall–Kier alpha value is -3.81. The maximum Gasteiger partial charge on any atom is 0.321 e. The van der Waals surface area contributed by atoms with Crippen LogP contribution in [-0.4, -0.2) is 40.7 Å². The van der Waals surface area contributed by atoms with E-state index in [0.717, 1.165) is 34.9 Å². The van der Waals surface area contributed by atoms with Crippen molar-refractivity contribution in [1.29, 1.82) is 0 Å². The van der Waals surface area contributed by atoms with Gasteiger partial charge in [0, 0.05) is 49.2 Å². The number of amides is 2. The molecule has 0 radical (unpaired) electrons. The van der Waals surface area contributed by atoms with Crippen LogP contribution in [0.4, 0.5) is 16.2 Å². The Balaban J connectivity index is 1.34. The first-order valence-corrected chi connectivity index (χ1v) is 11.2. The topological polar surface area (TPSA) is 88.5 Å². The van der Waals surface area contributed by atoms with Crippen molar-refractivity contribution in [2.75, 3.05) is 30.8 Å². The Labute approximate surface area is 192 Å². The number of aromatic nitrogens is 2. The van der Waals surface area contributed by atoms with Gasteiger partial charge in [-0.1, -0.05) is 6.07 Å². The summed E-state index contributed by atoms with van der Waals surface area (Å²) in [5, 5.41) is 6.45. The number of ether oxygens (including phenoxy) is 1. The van der Waals surface area contributed by atoms with Gasteiger partial charge in [-0.15, -0.1) is 0 Å². The van der Waals surface area contributed by atoms with Gasteiger partial charge in [0.25, 0.3) is 5.56 Å². The third kappa shape index (κ3) is 4.41. The number of carbonyl (C=O) groups is 1. The molecule has 170 valence electrons. The smallest absolute Gasteiger partial charge is 0.321 e. The number of pyridine rings is 2. The first-order chi connectivity index (χ1) is 16.1. The molecule has 8 heteroatoms. The molecule has 1 fully saturated rings. The Morgan fingerprint density at radius 1 is 1.09 bits per heavy atom. The molecule has 1 aromatic carbocycles. The van der Waals surface area contributed by atoms with Gasteiger partial charge in [0.05, 0.1) is 25.0 Å². The molecule has 5 rings (SSSR count). The highest BCUT2D eigenvalue weighted by Crippen LogP contribution is 2.38. The second kappa shape index (κ2) is 8.97. The molecule has 3 aromatic rings. The van der Waals surface area contributed by atoms with Gasteiger partial charge in [0.2, 0.25) is 0 Å². The second-order valence-electron chi connectivity index (χ2n) is 8.62. The van der Waals surface area contributed by atoms with E-state index in [1.54, 1.807) is 19.4 Å². The first-order valence-electron chi connectivity index (χ1n) is 11.2. The lowest BCUT2D eigenvalue weighted by Crippen LogP contribution is -2.50. The van der Waals surface area contributed by atoms with Crippen LogP contribution in [0.15, 0.2) is 65.6 Å². The third-order valence-electron chi connectivity index (χ3n) is 6.40. The number of benzene rings is 1. The molecule has 2 bridgehead atoms. The average Bonchev–Trinajstić information content (AvgIpc) is 2.85. The van der Waals surface area contributed by atoms with E-state index < -0.39 is 0 Å². The van der Waals surface area contributed by atoms with Crippen molar-refractivity contribution in [2.45, 2.75) is 25.4 Å². The van der Waals surface area contributed by atoms with Crippen LogP contribution in [0.3, 0.4) is 0 Å². The van der Waals surface area contributed by atoms with Crippen molar-refractivity contribution in [2.24, 2.45) is 5.92 Å². The number of likely N-dealkylation sites (tertiary alicyclic amines) is 1. The minimum absolute atomic E-state index is 0.0132. The highest BCUT2D eigenvalue weighted by Gasteiger charge is 2.37. The van der Waals surface area contributed by atoms with Crippen LogP contribution in [-0.2, 0) is 13.1 Å². The molecule has 2 aliphatic heterocycles. The van der Waals surface area contributed by atoms with Crippen molar-refractivity contribution in [3.8, 4) is 5.75 Å². The second-order valence-corrected chi connectivity index (χ2v) is 8.62. The summed E-state index contributed by atoms with van der Waals surface area (Å²) in [6.07, 6.45) is 2.74. The molecule has 33 heavy (non-hydrogen) atoms. The lowest BCUT2D eigenvalue weighted by Gasteiger charge is -2.43. The molecule has 2 atom stereocenters. The zero-order chi connectivity index (χ0) is 22.8. The van der Waals surface area contributed by atoms with Crippen LogP contribution in [0.1, 0.15) is 23.7 Å². The van der Waals surface area contributed by atoms with E-state index in [9.17, 15) is 9.59 Å². The van der Waals surface area contributed by atoms with Gasteiger partial charge in [0.15, 0.2) is 0 Å². The average molecular weight is 446 g/mol. The zero-order valence-electron chi connectivity index (χ0n) is 18.5. The van der Waals surface area contributed by atoms with E-state index >= 15 is 0 Å². The maximum absolute atomic E-state index is 13.0. The number of hydrogen-bond acceptors (Lipinski definition) is 5. The number of anilines is 2. The van der Waals surface area contributed by atoms with Gasteiger partial charge in [-0.2, -0.15) is 0 Å². The van der Waals surface area contributed by atoms with Crippen molar-refractivity contribution in [3.63, 3.8) is 0 Å². The van der Waals surface area contributed by atoms with E-state index in [0.29, 0.717) is 26.2 Å². The Morgan fingerprint density at radius 3 is 2.70 bits per heavy atom. The van der Waals surface area contributed by atoms with Gasteiger partial charge in [-0.3, -0.25) is 9.78 Å². The Bertz CT molecular complexity index is 1190. The summed E-state index contributed by atoms with van der Waals surface area (Å²) in [5.41, 5.74) is 3.59. The lowest BCUT2D eigenvalue weighted by atomic mass is 9.82. The molecular formula is C25H27N5O3. The quantitative estimate of drug-likeness (QED) is 0.627. The number of methoxy groups -OCH3 is 1. The highest BCUT2D eigenvalue weighted by molar-refractivity contribution is 5.89. The molecule has 4 heterocycles. The third-order valence-corrected chi connectivity index (χ3v) is 6.40. The molecule has 2 aliphatic rings. The van der Waals surface area contributed by atoms with Crippen molar-refractivity contribution in [1.82, 2.24) is 14.5 Å². The van der Waals surface area contributed by atoms with Crippen molar-refractivity contribution in [3.05, 3.63) is 82.5 Å².